The van der Waals surface area contributed by atoms with E-state index in [1.54, 1.807) is 0 Å². The summed E-state index contributed by atoms with van der Waals surface area (Å²) in [5, 5.41) is 0. The first kappa shape index (κ1) is 19.4. The molecule has 2 atom stereocenters. The summed E-state index contributed by atoms with van der Waals surface area (Å²) in [7, 11) is 0. The number of anilines is 1. The van der Waals surface area contributed by atoms with Crippen molar-refractivity contribution in [2.75, 3.05) is 4.90 Å². The normalized spacial score (nSPS) is 30.3. The first-order valence-electron chi connectivity index (χ1n) is 10.3. The summed E-state index contributed by atoms with van der Waals surface area (Å²) in [5.41, 5.74) is 6.91. The van der Waals surface area contributed by atoms with Crippen LogP contribution in [0.1, 0.15) is 33.4 Å². The van der Waals surface area contributed by atoms with Crippen LogP contribution in [0.4, 0.5) is 5.69 Å². The number of hydrogen-bond donors (Lipinski definition) is 0. The highest BCUT2D eigenvalue weighted by atomic mass is 79.9. The van der Waals surface area contributed by atoms with Gasteiger partial charge in [-0.3, -0.25) is 9.59 Å². The van der Waals surface area contributed by atoms with Crippen molar-refractivity contribution < 1.29 is 9.59 Å². The summed E-state index contributed by atoms with van der Waals surface area (Å²) in [4.78, 5) is 29.4. The second kappa shape index (κ2) is 6.17. The Hall–Kier alpha value is -2.24. The molecule has 3 aromatic rings. The highest BCUT2D eigenvalue weighted by Crippen LogP contribution is 2.70. The van der Waals surface area contributed by atoms with Gasteiger partial charge in [0, 0.05) is 0 Å². The molecule has 7 rings (SSSR count). The maximum atomic E-state index is 14.0. The molecule has 0 saturated carbocycles. The van der Waals surface area contributed by atoms with Gasteiger partial charge in [0.1, 0.15) is 0 Å². The van der Waals surface area contributed by atoms with Crippen LogP contribution in [0.3, 0.4) is 0 Å². The second-order valence-electron chi connectivity index (χ2n) is 8.77. The van der Waals surface area contributed by atoms with Gasteiger partial charge in [-0.05, 0) is 47.7 Å². The van der Waals surface area contributed by atoms with E-state index in [4.69, 9.17) is 0 Å². The molecular weight excluding hydrogens is 518 g/mol. The van der Waals surface area contributed by atoms with Crippen LogP contribution in [-0.2, 0) is 18.2 Å². The van der Waals surface area contributed by atoms with Crippen LogP contribution in [0.15, 0.2) is 66.7 Å². The van der Waals surface area contributed by atoms with Crippen LogP contribution in [0.5, 0.6) is 0 Å². The van der Waals surface area contributed by atoms with Crippen LogP contribution in [-0.4, -0.2) is 11.8 Å². The minimum atomic E-state index is -0.750. The largest absolute Gasteiger partial charge is 0.274 e. The van der Waals surface area contributed by atoms with E-state index in [0.29, 0.717) is 5.69 Å². The van der Waals surface area contributed by atoms with Gasteiger partial charge in [-0.15, -0.1) is 0 Å². The van der Waals surface area contributed by atoms with E-state index >= 15 is 0 Å². The number of benzene rings is 3. The van der Waals surface area contributed by atoms with Gasteiger partial charge in [0.05, 0.1) is 26.2 Å². The number of hydrogen-bond acceptors (Lipinski definition) is 2. The van der Waals surface area contributed by atoms with Crippen LogP contribution < -0.4 is 4.90 Å². The Morgan fingerprint density at radius 2 is 1.13 bits per heavy atom. The molecule has 2 bridgehead atoms. The zero-order valence-corrected chi connectivity index (χ0v) is 20.2. The summed E-state index contributed by atoms with van der Waals surface area (Å²) in [5.74, 6) is -1.37. The predicted molar refractivity (Wildman–Crippen MR) is 128 cm³/mol. The van der Waals surface area contributed by atoms with Gasteiger partial charge in [-0.2, -0.15) is 0 Å². The molecule has 3 nitrogen and oxygen atoms in total. The minimum Gasteiger partial charge on any atom is -0.274 e. The highest BCUT2D eigenvalue weighted by Gasteiger charge is 2.72. The average Bonchev–Trinajstić information content (AvgIpc) is 3.04. The van der Waals surface area contributed by atoms with E-state index in [1.165, 1.54) is 4.90 Å². The number of halogens is 2. The van der Waals surface area contributed by atoms with E-state index in [9.17, 15) is 9.59 Å². The lowest BCUT2D eigenvalue weighted by Crippen LogP contribution is -2.56. The van der Waals surface area contributed by atoms with Gasteiger partial charge < -0.3 is 0 Å². The highest BCUT2D eigenvalue weighted by molar-refractivity contribution is 9.10. The second-order valence-corrected chi connectivity index (χ2v) is 11.3. The molecule has 154 valence electrons. The zero-order chi connectivity index (χ0) is 21.7. The maximum Gasteiger partial charge on any atom is 0.239 e. The fourth-order valence-corrected chi connectivity index (χ4v) is 8.26. The third-order valence-electron chi connectivity index (χ3n) is 7.18. The van der Waals surface area contributed by atoms with Crippen molar-refractivity contribution in [2.45, 2.75) is 22.5 Å². The molecule has 0 unspecified atom stereocenters. The number of nitrogens with zero attached hydrogens (tertiary/aromatic N) is 1. The molecule has 0 spiro atoms. The van der Waals surface area contributed by atoms with Gasteiger partial charge >= 0.3 is 0 Å². The Kier molecular flexibility index (Phi) is 3.87. The van der Waals surface area contributed by atoms with Crippen molar-refractivity contribution in [3.8, 4) is 0 Å². The number of amides is 2. The van der Waals surface area contributed by atoms with Gasteiger partial charge in [0.2, 0.25) is 11.8 Å². The molecule has 1 heterocycles. The lowest BCUT2D eigenvalue weighted by atomic mass is 9.54. The van der Waals surface area contributed by atoms with E-state index in [0.717, 1.165) is 33.4 Å². The van der Waals surface area contributed by atoms with Crippen molar-refractivity contribution in [1.29, 1.82) is 0 Å². The van der Waals surface area contributed by atoms with Crippen molar-refractivity contribution in [1.82, 2.24) is 0 Å². The fraction of sp³-hybridized carbons (Fsp3) is 0.231. The SMILES string of the molecule is Cc1ccc(N2C(=O)[C@H]3[C@H](C2=O)C2(Br)c4ccccc4C3(Br)c3ccccc32)c(C)c1. The Morgan fingerprint density at radius 1 is 0.710 bits per heavy atom. The topological polar surface area (TPSA) is 37.4 Å². The Labute approximate surface area is 197 Å². The quantitative estimate of drug-likeness (QED) is 0.295. The number of rotatable bonds is 1. The standard InChI is InChI=1S/C26H19Br2NO2/c1-14-11-12-20(15(2)13-14)29-23(30)21-22(24(29)31)26(28)17-8-4-3-7-16(17)25(21,27)18-9-5-6-10-19(18)26/h3-13,21-22H,1-2H3/t21-,22-,25?,26?/m1/s1. The first-order chi connectivity index (χ1) is 14.8. The summed E-state index contributed by atoms with van der Waals surface area (Å²) in [6.45, 7) is 3.97. The van der Waals surface area contributed by atoms with Crippen molar-refractivity contribution >= 4 is 49.4 Å². The zero-order valence-electron chi connectivity index (χ0n) is 17.0. The van der Waals surface area contributed by atoms with Crippen LogP contribution >= 0.6 is 31.9 Å². The first-order valence-corrected chi connectivity index (χ1v) is 11.9. The molecular formula is C26H19Br2NO2. The van der Waals surface area contributed by atoms with Crippen LogP contribution in [0.25, 0.3) is 0 Å². The third kappa shape index (κ3) is 2.14. The third-order valence-corrected chi connectivity index (χ3v) is 9.87. The molecule has 3 aliphatic carbocycles. The van der Waals surface area contributed by atoms with Crippen molar-refractivity contribution in [2.24, 2.45) is 11.8 Å². The van der Waals surface area contributed by atoms with Gasteiger partial charge in [-0.1, -0.05) is 98.1 Å². The lowest BCUT2D eigenvalue weighted by Gasteiger charge is -2.55. The Morgan fingerprint density at radius 3 is 1.52 bits per heavy atom. The minimum absolute atomic E-state index is 0.147. The lowest BCUT2D eigenvalue weighted by molar-refractivity contribution is -0.122. The molecule has 2 amide bonds. The summed E-state index contributed by atoms with van der Waals surface area (Å²) in [6, 6.07) is 22.2. The number of alkyl halides is 2. The van der Waals surface area contributed by atoms with Gasteiger partial charge in [0.25, 0.3) is 0 Å². The Balaban J connectivity index is 1.66. The molecule has 1 aliphatic heterocycles. The summed E-state index contributed by atoms with van der Waals surface area (Å²) in [6.07, 6.45) is 0. The summed E-state index contributed by atoms with van der Waals surface area (Å²) >= 11 is 8.08. The molecule has 0 N–H and O–H groups in total. The number of imide groups is 1. The number of aryl methyl sites for hydroxylation is 2. The monoisotopic (exact) mass is 535 g/mol. The average molecular weight is 537 g/mol. The maximum absolute atomic E-state index is 14.0. The molecule has 1 fully saturated rings. The molecule has 31 heavy (non-hydrogen) atoms. The van der Waals surface area contributed by atoms with E-state index in [1.807, 2.05) is 56.3 Å². The number of carbonyl (C=O) groups excluding carboxylic acids is 2. The number of carbonyl (C=O) groups is 2. The molecule has 4 aliphatic rings. The van der Waals surface area contributed by atoms with Gasteiger partial charge in [-0.25, -0.2) is 4.90 Å². The predicted octanol–water partition coefficient (Wildman–Crippen LogP) is 5.71. The van der Waals surface area contributed by atoms with E-state index in [-0.39, 0.29) is 11.8 Å². The summed E-state index contributed by atoms with van der Waals surface area (Å²) < 4.78 is -1.50. The van der Waals surface area contributed by atoms with Crippen LogP contribution in [0.2, 0.25) is 0 Å². The van der Waals surface area contributed by atoms with Crippen LogP contribution in [0, 0.1) is 25.7 Å². The molecule has 3 aromatic carbocycles. The Bertz CT molecular complexity index is 1190. The molecule has 5 heteroatoms. The molecule has 1 saturated heterocycles. The molecule has 0 aromatic heterocycles. The van der Waals surface area contributed by atoms with E-state index in [2.05, 4.69) is 56.1 Å². The fourth-order valence-electron chi connectivity index (χ4n) is 5.96. The smallest absolute Gasteiger partial charge is 0.239 e. The van der Waals surface area contributed by atoms with Crippen molar-refractivity contribution in [3.63, 3.8) is 0 Å². The molecule has 0 radical (unpaired) electrons. The van der Waals surface area contributed by atoms with E-state index < -0.39 is 20.5 Å². The van der Waals surface area contributed by atoms with Gasteiger partial charge in [0.15, 0.2) is 0 Å². The van der Waals surface area contributed by atoms with Crippen molar-refractivity contribution in [3.05, 3.63) is 100 Å².